The van der Waals surface area contributed by atoms with Crippen LogP contribution in [0.15, 0.2) is 24.3 Å². The summed E-state index contributed by atoms with van der Waals surface area (Å²) in [6.07, 6.45) is 4.00. The maximum absolute atomic E-state index is 13.2. The fourth-order valence-corrected chi connectivity index (χ4v) is 4.27. The summed E-state index contributed by atoms with van der Waals surface area (Å²) in [5.41, 5.74) is 0.638. The molecule has 0 saturated carbocycles. The molecule has 2 rings (SSSR count). The van der Waals surface area contributed by atoms with Crippen LogP contribution in [-0.4, -0.2) is 34.5 Å². The van der Waals surface area contributed by atoms with Gasteiger partial charge in [-0.05, 0) is 59.1 Å². The van der Waals surface area contributed by atoms with Crippen molar-refractivity contribution >= 4 is 17.5 Å². The van der Waals surface area contributed by atoms with Gasteiger partial charge in [0, 0.05) is 23.7 Å². The average molecular weight is 351 g/mol. The number of carbonyl (C=O) groups excluding carboxylic acids is 1. The largest absolute Gasteiger partial charge is 0.335 e. The number of unbranched alkanes of at least 4 members (excludes halogenated alkanes) is 1. The van der Waals surface area contributed by atoms with Crippen LogP contribution in [0.3, 0.4) is 0 Å². The fraction of sp³-hybridized carbons (Fsp3) is 0.650. The van der Waals surface area contributed by atoms with Crippen LogP contribution in [0, 0.1) is 0 Å². The van der Waals surface area contributed by atoms with Gasteiger partial charge in [-0.2, -0.15) is 0 Å². The van der Waals surface area contributed by atoms with E-state index < -0.39 is 0 Å². The molecule has 0 unspecified atom stereocenters. The molecular weight excluding hydrogens is 320 g/mol. The summed E-state index contributed by atoms with van der Waals surface area (Å²) in [6.45, 7) is 11.8. The summed E-state index contributed by atoms with van der Waals surface area (Å²) in [5, 5.41) is 4.24. The monoisotopic (exact) mass is 350 g/mol. The van der Waals surface area contributed by atoms with Gasteiger partial charge in [0.05, 0.1) is 10.6 Å². The van der Waals surface area contributed by atoms with E-state index in [0.717, 1.165) is 32.2 Å². The van der Waals surface area contributed by atoms with Crippen LogP contribution in [0.5, 0.6) is 0 Å². The molecule has 1 aliphatic rings. The van der Waals surface area contributed by atoms with Gasteiger partial charge in [0.25, 0.3) is 5.91 Å². The van der Waals surface area contributed by atoms with Crippen molar-refractivity contribution in [2.45, 2.75) is 77.4 Å². The summed E-state index contributed by atoms with van der Waals surface area (Å²) in [5.74, 6) is 0.0625. The number of piperidine rings is 1. The van der Waals surface area contributed by atoms with Gasteiger partial charge in [-0.25, -0.2) is 0 Å². The Hall–Kier alpha value is -1.06. The van der Waals surface area contributed by atoms with Crippen LogP contribution in [0.1, 0.15) is 70.7 Å². The average Bonchev–Trinajstić information content (AvgIpc) is 2.44. The third-order valence-electron chi connectivity index (χ3n) is 4.73. The van der Waals surface area contributed by atoms with E-state index in [9.17, 15) is 4.79 Å². The van der Waals surface area contributed by atoms with Gasteiger partial charge in [0.15, 0.2) is 0 Å². The summed E-state index contributed by atoms with van der Waals surface area (Å²) < 4.78 is 0. The normalized spacial score (nSPS) is 19.9. The van der Waals surface area contributed by atoms with E-state index in [1.807, 2.05) is 18.2 Å². The van der Waals surface area contributed by atoms with Gasteiger partial charge >= 0.3 is 0 Å². The molecule has 0 aliphatic carbocycles. The molecule has 3 nitrogen and oxygen atoms in total. The van der Waals surface area contributed by atoms with Crippen LogP contribution in [0.2, 0.25) is 5.02 Å². The van der Waals surface area contributed by atoms with E-state index in [1.54, 1.807) is 6.07 Å². The second-order valence-electron chi connectivity index (χ2n) is 8.29. The minimum absolute atomic E-state index is 0.0116. The number of amides is 1. The highest BCUT2D eigenvalue weighted by atomic mass is 35.5. The lowest BCUT2D eigenvalue weighted by atomic mass is 9.78. The highest BCUT2D eigenvalue weighted by Gasteiger charge is 2.41. The number of halogens is 1. The Labute approximate surface area is 151 Å². The lowest BCUT2D eigenvalue weighted by Gasteiger charge is -2.49. The molecule has 1 aromatic rings. The first-order chi connectivity index (χ1) is 11.2. The van der Waals surface area contributed by atoms with Gasteiger partial charge in [0.2, 0.25) is 0 Å². The molecule has 24 heavy (non-hydrogen) atoms. The molecule has 1 N–H and O–H groups in total. The van der Waals surface area contributed by atoms with Crippen molar-refractivity contribution in [2.75, 3.05) is 6.54 Å². The smallest absolute Gasteiger partial charge is 0.255 e. The first-order valence-corrected chi connectivity index (χ1v) is 9.38. The second-order valence-corrected chi connectivity index (χ2v) is 8.69. The van der Waals surface area contributed by atoms with Crippen molar-refractivity contribution in [3.63, 3.8) is 0 Å². The van der Waals surface area contributed by atoms with Crippen LogP contribution >= 0.6 is 11.6 Å². The molecule has 134 valence electrons. The quantitative estimate of drug-likeness (QED) is 0.819. The van der Waals surface area contributed by atoms with Crippen LogP contribution in [0.25, 0.3) is 0 Å². The topological polar surface area (TPSA) is 32.3 Å². The van der Waals surface area contributed by atoms with Gasteiger partial charge in [-0.1, -0.05) is 37.1 Å². The van der Waals surface area contributed by atoms with E-state index >= 15 is 0 Å². The lowest BCUT2D eigenvalue weighted by molar-refractivity contribution is 0.0442. The summed E-state index contributed by atoms with van der Waals surface area (Å²) in [6, 6.07) is 7.61. The zero-order valence-corrected chi connectivity index (χ0v) is 16.4. The van der Waals surface area contributed by atoms with Gasteiger partial charge < -0.3 is 10.2 Å². The van der Waals surface area contributed by atoms with Crippen LogP contribution < -0.4 is 5.32 Å². The molecule has 0 radical (unpaired) electrons. The van der Waals surface area contributed by atoms with Crippen molar-refractivity contribution < 1.29 is 4.79 Å². The van der Waals surface area contributed by atoms with E-state index in [1.165, 1.54) is 0 Å². The predicted molar refractivity (Wildman–Crippen MR) is 102 cm³/mol. The molecule has 1 aromatic carbocycles. The summed E-state index contributed by atoms with van der Waals surface area (Å²) in [4.78, 5) is 15.3. The Balaban J connectivity index is 2.31. The Morgan fingerprint density at radius 1 is 1.21 bits per heavy atom. The van der Waals surface area contributed by atoms with Gasteiger partial charge in [0.1, 0.15) is 0 Å². The van der Waals surface area contributed by atoms with Crippen molar-refractivity contribution in [1.82, 2.24) is 10.2 Å². The molecule has 0 bridgehead atoms. The predicted octanol–water partition coefficient (Wildman–Crippen LogP) is 4.89. The number of carbonyl (C=O) groups is 1. The number of hydrogen-bond acceptors (Lipinski definition) is 2. The Bertz CT molecular complexity index is 567. The minimum atomic E-state index is 0.0116. The minimum Gasteiger partial charge on any atom is -0.335 e. The Morgan fingerprint density at radius 3 is 2.33 bits per heavy atom. The lowest BCUT2D eigenvalue weighted by Crippen LogP contribution is -2.62. The maximum Gasteiger partial charge on any atom is 0.255 e. The van der Waals surface area contributed by atoms with Crippen molar-refractivity contribution in [2.24, 2.45) is 0 Å². The molecule has 0 aromatic heterocycles. The van der Waals surface area contributed by atoms with Crippen LogP contribution in [0.4, 0.5) is 0 Å². The van der Waals surface area contributed by atoms with Gasteiger partial charge in [-0.15, -0.1) is 0 Å². The molecule has 1 fully saturated rings. The number of nitrogens with zero attached hydrogens (tertiary/aromatic N) is 1. The van der Waals surface area contributed by atoms with Crippen molar-refractivity contribution in [3.8, 4) is 0 Å². The molecule has 1 saturated heterocycles. The van der Waals surface area contributed by atoms with E-state index in [4.69, 9.17) is 11.6 Å². The molecule has 0 spiro atoms. The van der Waals surface area contributed by atoms with Crippen LogP contribution in [-0.2, 0) is 0 Å². The number of nitrogens with one attached hydrogen (secondary N) is 1. The summed E-state index contributed by atoms with van der Waals surface area (Å²) >= 11 is 6.29. The molecule has 0 atom stereocenters. The fourth-order valence-electron chi connectivity index (χ4n) is 4.06. The number of benzene rings is 1. The van der Waals surface area contributed by atoms with E-state index in [-0.39, 0.29) is 23.0 Å². The SMILES string of the molecule is CCCCN(C(=O)c1ccccc1Cl)C1CC(C)(C)NC(C)(C)C1. The number of hydrogen-bond donors (Lipinski definition) is 1. The molecule has 1 amide bonds. The standard InChI is InChI=1S/C20H31ClN2O/c1-6-7-12-23(18(24)16-10-8-9-11-17(16)21)15-13-19(2,3)22-20(4,5)14-15/h8-11,15,22H,6-7,12-14H2,1-5H3. The van der Waals surface area contributed by atoms with Crippen molar-refractivity contribution in [1.29, 1.82) is 0 Å². The maximum atomic E-state index is 13.2. The highest BCUT2D eigenvalue weighted by Crippen LogP contribution is 2.33. The molecule has 1 heterocycles. The van der Waals surface area contributed by atoms with Crippen molar-refractivity contribution in [3.05, 3.63) is 34.9 Å². The molecule has 4 heteroatoms. The summed E-state index contributed by atoms with van der Waals surface area (Å²) in [7, 11) is 0. The highest BCUT2D eigenvalue weighted by molar-refractivity contribution is 6.33. The van der Waals surface area contributed by atoms with E-state index in [2.05, 4.69) is 44.8 Å². The third-order valence-corrected chi connectivity index (χ3v) is 5.06. The third kappa shape index (κ3) is 4.73. The zero-order chi connectivity index (χ0) is 18.0. The van der Waals surface area contributed by atoms with E-state index in [0.29, 0.717) is 10.6 Å². The first kappa shape index (κ1) is 19.3. The van der Waals surface area contributed by atoms with Gasteiger partial charge in [-0.3, -0.25) is 4.79 Å². The molecular formula is C20H31ClN2O. The number of rotatable bonds is 5. The first-order valence-electron chi connectivity index (χ1n) is 9.00. The Morgan fingerprint density at radius 2 is 1.79 bits per heavy atom. The zero-order valence-electron chi connectivity index (χ0n) is 15.7. The Kier molecular flexibility index (Phi) is 5.98. The second kappa shape index (κ2) is 7.45. The molecule has 1 aliphatic heterocycles.